The lowest BCUT2D eigenvalue weighted by molar-refractivity contribution is -0.201. The van der Waals surface area contributed by atoms with Gasteiger partial charge in [-0.05, 0) is 18.9 Å². The average Bonchev–Trinajstić information content (AvgIpc) is 2.17. The van der Waals surface area contributed by atoms with E-state index < -0.39 is 18.1 Å². The second-order valence-corrected chi connectivity index (χ2v) is 2.73. The Labute approximate surface area is 82.6 Å². The van der Waals surface area contributed by atoms with Gasteiger partial charge in [-0.2, -0.15) is 13.2 Å². The number of ether oxygens (including phenoxy) is 2. The first kappa shape index (κ1) is 11.5. The number of alkyl halides is 3. The maximum absolute atomic E-state index is 11.7. The van der Waals surface area contributed by atoms with E-state index in [-0.39, 0.29) is 12.4 Å². The van der Waals surface area contributed by atoms with Gasteiger partial charge in [0.1, 0.15) is 0 Å². The molecule has 1 heterocycles. The molecule has 0 aromatic carbocycles. The molecular weight excluding hydrogens is 217 g/mol. The maximum Gasteiger partial charge on any atom is 0.491 e. The van der Waals surface area contributed by atoms with Crippen LogP contribution in [0.25, 0.3) is 0 Å². The van der Waals surface area contributed by atoms with Crippen LogP contribution >= 0.6 is 0 Å². The van der Waals surface area contributed by atoms with Crippen LogP contribution in [-0.4, -0.2) is 24.7 Å². The van der Waals surface area contributed by atoms with E-state index in [9.17, 15) is 22.8 Å². The summed E-state index contributed by atoms with van der Waals surface area (Å²) in [5.41, 5.74) is 0. The zero-order valence-corrected chi connectivity index (χ0v) is 7.47. The van der Waals surface area contributed by atoms with Crippen LogP contribution in [0.1, 0.15) is 12.8 Å². The van der Waals surface area contributed by atoms with Gasteiger partial charge in [0.2, 0.25) is 5.76 Å². The first-order valence-corrected chi connectivity index (χ1v) is 4.07. The van der Waals surface area contributed by atoms with E-state index in [1.807, 2.05) is 0 Å². The highest BCUT2D eigenvalue weighted by Gasteiger charge is 2.43. The molecule has 0 N–H and O–H groups in total. The number of allylic oxidation sites excluding steroid dienone is 1. The van der Waals surface area contributed by atoms with Gasteiger partial charge in [-0.25, -0.2) is 9.59 Å². The summed E-state index contributed by atoms with van der Waals surface area (Å²) in [4.78, 5) is 21.2. The Morgan fingerprint density at radius 1 is 1.40 bits per heavy atom. The molecule has 0 saturated heterocycles. The van der Waals surface area contributed by atoms with Gasteiger partial charge in [-0.15, -0.1) is 0 Å². The molecule has 15 heavy (non-hydrogen) atoms. The molecule has 84 valence electrons. The van der Waals surface area contributed by atoms with Crippen molar-refractivity contribution in [2.75, 3.05) is 6.61 Å². The van der Waals surface area contributed by atoms with E-state index in [2.05, 4.69) is 4.74 Å². The number of esters is 2. The molecule has 0 aliphatic carbocycles. The van der Waals surface area contributed by atoms with E-state index >= 15 is 0 Å². The third-order valence-corrected chi connectivity index (χ3v) is 1.55. The van der Waals surface area contributed by atoms with Crippen molar-refractivity contribution in [1.29, 1.82) is 0 Å². The van der Waals surface area contributed by atoms with Gasteiger partial charge in [0.25, 0.3) is 0 Å². The van der Waals surface area contributed by atoms with Gasteiger partial charge >= 0.3 is 18.1 Å². The minimum absolute atomic E-state index is 0.223. The molecular formula is C8H7F3O4. The molecule has 0 aromatic rings. The highest BCUT2D eigenvalue weighted by molar-refractivity contribution is 5.96. The second-order valence-electron chi connectivity index (χ2n) is 2.73. The summed E-state index contributed by atoms with van der Waals surface area (Å²) in [6.45, 7) is 0.223. The van der Waals surface area contributed by atoms with Gasteiger partial charge in [0.05, 0.1) is 6.61 Å². The maximum atomic E-state index is 11.7. The third kappa shape index (κ3) is 3.26. The van der Waals surface area contributed by atoms with Crippen LogP contribution in [-0.2, 0) is 19.1 Å². The monoisotopic (exact) mass is 224 g/mol. The summed E-state index contributed by atoms with van der Waals surface area (Å²) in [5, 5.41) is 0. The Hall–Kier alpha value is -1.53. The highest BCUT2D eigenvalue weighted by Crippen LogP contribution is 2.18. The van der Waals surface area contributed by atoms with Crippen molar-refractivity contribution in [3.63, 3.8) is 0 Å². The van der Waals surface area contributed by atoms with Crippen LogP contribution < -0.4 is 0 Å². The molecule has 0 bridgehead atoms. The predicted molar refractivity (Wildman–Crippen MR) is 40.4 cm³/mol. The summed E-state index contributed by atoms with van der Waals surface area (Å²) in [6.07, 6.45) is -2.71. The Morgan fingerprint density at radius 3 is 2.53 bits per heavy atom. The van der Waals surface area contributed by atoms with Crippen LogP contribution in [0, 0.1) is 0 Å². The van der Waals surface area contributed by atoms with E-state index in [1.165, 1.54) is 6.08 Å². The fraction of sp³-hybridized carbons (Fsp3) is 0.500. The Balaban J connectivity index is 2.56. The van der Waals surface area contributed by atoms with Crippen LogP contribution in [0.4, 0.5) is 13.2 Å². The molecule has 7 heteroatoms. The van der Waals surface area contributed by atoms with Crippen LogP contribution in [0.15, 0.2) is 11.8 Å². The smallest absolute Gasteiger partial charge is 0.487 e. The van der Waals surface area contributed by atoms with Crippen molar-refractivity contribution >= 4 is 11.9 Å². The topological polar surface area (TPSA) is 52.6 Å². The van der Waals surface area contributed by atoms with Crippen molar-refractivity contribution in [1.82, 2.24) is 0 Å². The lowest BCUT2D eigenvalue weighted by Gasteiger charge is -2.13. The first-order valence-electron chi connectivity index (χ1n) is 4.07. The lowest BCUT2D eigenvalue weighted by atomic mass is 10.2. The van der Waals surface area contributed by atoms with Crippen LogP contribution in [0.3, 0.4) is 0 Å². The molecule has 0 amide bonds. The average molecular weight is 224 g/mol. The molecule has 0 spiro atoms. The van der Waals surface area contributed by atoms with Crippen molar-refractivity contribution in [2.45, 2.75) is 19.0 Å². The summed E-state index contributed by atoms with van der Waals surface area (Å²) < 4.78 is 43.3. The lowest BCUT2D eigenvalue weighted by Crippen LogP contribution is -2.29. The fourth-order valence-electron chi connectivity index (χ4n) is 0.892. The van der Waals surface area contributed by atoms with Gasteiger partial charge in [-0.1, -0.05) is 0 Å². The SMILES string of the molecule is O=C(OC(=O)C(F)(F)F)C1=CCCCO1. The number of hydrogen-bond donors (Lipinski definition) is 0. The van der Waals surface area contributed by atoms with Crippen molar-refractivity contribution in [3.8, 4) is 0 Å². The molecule has 0 saturated carbocycles. The molecule has 0 fully saturated rings. The fourth-order valence-corrected chi connectivity index (χ4v) is 0.892. The zero-order chi connectivity index (χ0) is 11.5. The molecule has 4 nitrogen and oxygen atoms in total. The van der Waals surface area contributed by atoms with E-state index in [4.69, 9.17) is 4.74 Å². The van der Waals surface area contributed by atoms with Crippen molar-refractivity contribution in [3.05, 3.63) is 11.8 Å². The van der Waals surface area contributed by atoms with Gasteiger partial charge in [0.15, 0.2) is 0 Å². The molecule has 0 radical (unpaired) electrons. The van der Waals surface area contributed by atoms with Gasteiger partial charge < -0.3 is 9.47 Å². The standard InChI is InChI=1S/C8H7F3O4/c9-8(10,11)7(13)15-6(12)5-3-1-2-4-14-5/h3H,1-2,4H2. The molecule has 0 aromatic heterocycles. The number of halogens is 3. The van der Waals surface area contributed by atoms with Gasteiger partial charge in [-0.3, -0.25) is 0 Å². The molecule has 1 aliphatic heterocycles. The summed E-state index contributed by atoms with van der Waals surface area (Å²) in [6, 6.07) is 0. The highest BCUT2D eigenvalue weighted by atomic mass is 19.4. The number of carbonyl (C=O) groups excluding carboxylic acids is 2. The summed E-state index contributed by atoms with van der Waals surface area (Å²) in [7, 11) is 0. The Kier molecular flexibility index (Phi) is 3.33. The molecule has 1 rings (SSSR count). The van der Waals surface area contributed by atoms with Gasteiger partial charge in [0, 0.05) is 0 Å². The Morgan fingerprint density at radius 2 is 2.07 bits per heavy atom. The predicted octanol–water partition coefficient (Wildman–Crippen LogP) is 1.31. The van der Waals surface area contributed by atoms with Crippen LogP contribution in [0.2, 0.25) is 0 Å². The quantitative estimate of drug-likeness (QED) is 0.497. The van der Waals surface area contributed by atoms with E-state index in [0.717, 1.165) is 0 Å². The zero-order valence-electron chi connectivity index (χ0n) is 7.47. The normalized spacial score (nSPS) is 16.3. The summed E-state index contributed by atoms with van der Waals surface area (Å²) >= 11 is 0. The molecule has 0 atom stereocenters. The third-order valence-electron chi connectivity index (χ3n) is 1.55. The minimum Gasteiger partial charge on any atom is -0.487 e. The second kappa shape index (κ2) is 4.33. The molecule has 0 unspecified atom stereocenters. The Bertz CT molecular complexity index is 305. The minimum atomic E-state index is -5.18. The molecule has 1 aliphatic rings. The number of hydrogen-bond acceptors (Lipinski definition) is 4. The number of carbonyl (C=O) groups is 2. The first-order chi connectivity index (χ1) is 6.91. The van der Waals surface area contributed by atoms with Crippen LogP contribution in [0.5, 0.6) is 0 Å². The number of rotatable bonds is 1. The van der Waals surface area contributed by atoms with E-state index in [1.54, 1.807) is 0 Å². The van der Waals surface area contributed by atoms with Crippen molar-refractivity contribution in [2.24, 2.45) is 0 Å². The summed E-state index contributed by atoms with van der Waals surface area (Å²) in [5.74, 6) is -4.29. The van der Waals surface area contributed by atoms with Crippen molar-refractivity contribution < 1.29 is 32.2 Å². The van der Waals surface area contributed by atoms with E-state index in [0.29, 0.717) is 12.8 Å². The largest absolute Gasteiger partial charge is 0.491 e.